The molecule has 0 aliphatic heterocycles. The third kappa shape index (κ3) is 2040. The van der Waals surface area contributed by atoms with Crippen LogP contribution in [-0.2, 0) is 48.4 Å². The summed E-state index contributed by atoms with van der Waals surface area (Å²) in [5.74, 6) is 0. The minimum absolute atomic E-state index is 0. The second kappa shape index (κ2) is 1.63. The maximum atomic E-state index is 8.67. The van der Waals surface area contributed by atoms with Crippen molar-refractivity contribution in [3.05, 3.63) is 0 Å². The molecule has 0 rings (SSSR count). The third-order valence-corrected chi connectivity index (χ3v) is 0. The molecule has 0 aliphatic carbocycles. The molecular weight excluding hydrogens is 320 g/mol. The third-order valence-electron chi connectivity index (χ3n) is 0. The number of hydrogen-bond donors (Lipinski definition) is 0. The van der Waals surface area contributed by atoms with E-state index in [1.165, 1.54) is 0 Å². The SMILES string of the molecule is [Ni].[O]=[Ta](=[O])(=[O])(=[O])=[O]. The van der Waals surface area contributed by atoms with Gasteiger partial charge in [0.2, 0.25) is 0 Å². The molecule has 0 radical (unpaired) electrons. The van der Waals surface area contributed by atoms with Crippen LogP contribution in [0, 0.1) is 0 Å². The molecule has 0 heterocycles. The van der Waals surface area contributed by atoms with Gasteiger partial charge in [-0.1, -0.05) is 0 Å². The Kier molecular flexibility index (Phi) is 2.39. The zero-order valence-corrected chi connectivity index (χ0v) is 7.01. The average molecular weight is 320 g/mol. The first-order valence-electron chi connectivity index (χ1n) is 0.913. The normalized spacial score (nSPS) is 8.57. The van der Waals surface area contributed by atoms with Crippen LogP contribution in [0.15, 0.2) is 0 Å². The predicted molar refractivity (Wildman–Crippen MR) is 3.43 cm³/mol. The maximum absolute atomic E-state index is 8.67. The molecule has 7 heteroatoms. The van der Waals surface area contributed by atoms with Crippen LogP contribution in [0.2, 0.25) is 0 Å². The quantitative estimate of drug-likeness (QED) is 0.557. The molecule has 0 bridgehead atoms. The molecule has 0 aromatic heterocycles. The van der Waals surface area contributed by atoms with E-state index in [-0.39, 0.29) is 16.5 Å². The summed E-state index contributed by atoms with van der Waals surface area (Å²) < 4.78 is 43.4. The van der Waals surface area contributed by atoms with E-state index >= 15 is 0 Å². The molecule has 0 aliphatic rings. The standard InChI is InChI=1S/Ni.5O.Ta. The van der Waals surface area contributed by atoms with Crippen molar-refractivity contribution in [2.24, 2.45) is 0 Å². The Bertz CT molecular complexity index is 278. The first-order chi connectivity index (χ1) is 2.24. The van der Waals surface area contributed by atoms with Gasteiger partial charge in [0.05, 0.1) is 0 Å². The van der Waals surface area contributed by atoms with E-state index in [0.717, 1.165) is 0 Å². The van der Waals surface area contributed by atoms with E-state index in [0.29, 0.717) is 0 Å². The van der Waals surface area contributed by atoms with Gasteiger partial charge in [0.1, 0.15) is 0 Å². The molecule has 0 aromatic carbocycles. The summed E-state index contributed by atoms with van der Waals surface area (Å²) >= 11 is -8.05. The fourth-order valence-corrected chi connectivity index (χ4v) is 0. The molecule has 0 atom stereocenters. The van der Waals surface area contributed by atoms with Crippen molar-refractivity contribution in [3.8, 4) is 0 Å². The molecule has 7 heavy (non-hydrogen) atoms. The molecule has 0 aromatic rings. The molecular formula is NiO5Ta. The molecule has 0 N–H and O–H groups in total. The van der Waals surface area contributed by atoms with E-state index in [4.69, 9.17) is 16.3 Å². The zero-order valence-electron chi connectivity index (χ0n) is 2.80. The Balaban J connectivity index is 0. The Labute approximate surface area is 48.6 Å². The van der Waals surface area contributed by atoms with Gasteiger partial charge in [0.25, 0.3) is 0 Å². The average Bonchev–Trinajstić information content (AvgIpc) is 0.650. The van der Waals surface area contributed by atoms with Crippen molar-refractivity contribution in [2.45, 2.75) is 0 Å². The van der Waals surface area contributed by atoms with Crippen molar-refractivity contribution in [3.63, 3.8) is 0 Å². The summed E-state index contributed by atoms with van der Waals surface area (Å²) in [7, 11) is 0. The van der Waals surface area contributed by atoms with Gasteiger partial charge in [-0.3, -0.25) is 0 Å². The van der Waals surface area contributed by atoms with Crippen LogP contribution in [0.1, 0.15) is 0 Å². The molecule has 0 spiro atoms. The van der Waals surface area contributed by atoms with E-state index in [1.54, 1.807) is 0 Å². The predicted octanol–water partition coefficient (Wildman–Crippen LogP) is -0.599. The summed E-state index contributed by atoms with van der Waals surface area (Å²) in [6.45, 7) is 0. The van der Waals surface area contributed by atoms with Gasteiger partial charge < -0.3 is 0 Å². The van der Waals surface area contributed by atoms with Crippen LogP contribution in [0.4, 0.5) is 0 Å². The van der Waals surface area contributed by atoms with Gasteiger partial charge in [0.15, 0.2) is 0 Å². The van der Waals surface area contributed by atoms with E-state index in [1.807, 2.05) is 0 Å². The fourth-order valence-electron chi connectivity index (χ4n) is 0. The molecule has 0 saturated heterocycles. The Morgan fingerprint density at radius 3 is 0.714 bits per heavy atom. The van der Waals surface area contributed by atoms with Gasteiger partial charge in [-0.2, -0.15) is 0 Å². The Morgan fingerprint density at radius 2 is 0.714 bits per heavy atom. The van der Waals surface area contributed by atoms with Crippen LogP contribution in [0.5, 0.6) is 0 Å². The van der Waals surface area contributed by atoms with Crippen molar-refractivity contribution in [1.82, 2.24) is 0 Å². The molecule has 0 fully saturated rings. The van der Waals surface area contributed by atoms with Gasteiger partial charge in [0, 0.05) is 16.5 Å². The number of hydrogen-bond acceptors (Lipinski definition) is 5. The molecule has 5 nitrogen and oxygen atoms in total. The Hall–Kier alpha value is 0.234. The Morgan fingerprint density at radius 1 is 0.714 bits per heavy atom. The van der Waals surface area contributed by atoms with Crippen molar-refractivity contribution in [1.29, 1.82) is 0 Å². The summed E-state index contributed by atoms with van der Waals surface area (Å²) in [6.07, 6.45) is 0. The fraction of sp³-hybridized carbons (Fsp3) is 0. The van der Waals surface area contributed by atoms with Crippen molar-refractivity contribution < 1.29 is 48.4 Å². The summed E-state index contributed by atoms with van der Waals surface area (Å²) in [4.78, 5) is 0. The van der Waals surface area contributed by atoms with Gasteiger partial charge in [-0.15, -0.1) is 0 Å². The first kappa shape index (κ1) is 10.3. The second-order valence-corrected chi connectivity index (χ2v) is 6.10. The summed E-state index contributed by atoms with van der Waals surface area (Å²) in [5.41, 5.74) is 0. The minimum atomic E-state index is -8.05. The topological polar surface area (TPSA) is 85.3 Å². The van der Waals surface area contributed by atoms with Crippen molar-refractivity contribution in [2.75, 3.05) is 0 Å². The van der Waals surface area contributed by atoms with Crippen molar-refractivity contribution >= 4 is 0 Å². The molecule has 0 unspecified atom stereocenters. The van der Waals surface area contributed by atoms with E-state index < -0.39 is 15.7 Å². The van der Waals surface area contributed by atoms with Gasteiger partial charge in [-0.25, -0.2) is 0 Å². The molecule has 0 saturated carbocycles. The summed E-state index contributed by atoms with van der Waals surface area (Å²) in [5, 5.41) is 0. The first-order valence-corrected chi connectivity index (χ1v) is 7.47. The molecule has 0 amide bonds. The van der Waals surface area contributed by atoms with Gasteiger partial charge >= 0.3 is 31.9 Å². The second-order valence-electron chi connectivity index (χ2n) is 0.745. The van der Waals surface area contributed by atoms with E-state index in [9.17, 15) is 0 Å². The van der Waals surface area contributed by atoms with Crippen LogP contribution >= 0.6 is 0 Å². The van der Waals surface area contributed by atoms with Gasteiger partial charge in [-0.05, 0) is 0 Å². The van der Waals surface area contributed by atoms with Crippen LogP contribution < -0.4 is 0 Å². The zero-order chi connectivity index (χ0) is 5.45. The van der Waals surface area contributed by atoms with Crippen LogP contribution in [0.3, 0.4) is 0 Å². The monoisotopic (exact) mass is 319 g/mol. The summed E-state index contributed by atoms with van der Waals surface area (Å²) in [6, 6.07) is 0. The van der Waals surface area contributed by atoms with E-state index in [2.05, 4.69) is 0 Å². The van der Waals surface area contributed by atoms with Crippen LogP contribution in [-0.4, -0.2) is 0 Å². The molecule has 45 valence electrons. The van der Waals surface area contributed by atoms with Crippen LogP contribution in [0.25, 0.3) is 0 Å². The number of rotatable bonds is 0.